The Kier molecular flexibility index (Phi) is 5.61. The second kappa shape index (κ2) is 7.45. The third kappa shape index (κ3) is 4.74. The number of likely N-dealkylation sites (tertiary alicyclic amines) is 1. The molecule has 1 aliphatic rings. The van der Waals surface area contributed by atoms with Gasteiger partial charge in [0.1, 0.15) is 5.75 Å². The van der Waals surface area contributed by atoms with Crippen LogP contribution in [0.3, 0.4) is 0 Å². The number of hydrogen-bond acceptors (Lipinski definition) is 3. The van der Waals surface area contributed by atoms with E-state index in [1.807, 2.05) is 24.3 Å². The van der Waals surface area contributed by atoms with Crippen molar-refractivity contribution in [1.82, 2.24) is 4.90 Å². The predicted molar refractivity (Wildman–Crippen MR) is 81.2 cm³/mol. The molecule has 1 aliphatic heterocycles. The first kappa shape index (κ1) is 15.8. The lowest BCUT2D eigenvalue weighted by Crippen LogP contribution is -2.30. The van der Waals surface area contributed by atoms with Gasteiger partial charge in [0.2, 0.25) is 5.91 Å². The number of carboxylic acid groups (broad SMARTS) is 1. The summed E-state index contributed by atoms with van der Waals surface area (Å²) in [6.07, 6.45) is 1.57. The zero-order valence-corrected chi connectivity index (χ0v) is 13.2. The average molecular weight is 356 g/mol. The minimum atomic E-state index is -0.816. The van der Waals surface area contributed by atoms with E-state index < -0.39 is 11.9 Å². The summed E-state index contributed by atoms with van der Waals surface area (Å²) in [6.45, 7) is 1.35. The third-order valence-electron chi connectivity index (χ3n) is 3.49. The van der Waals surface area contributed by atoms with Crippen LogP contribution in [0, 0.1) is 5.92 Å². The van der Waals surface area contributed by atoms with E-state index in [0.29, 0.717) is 39.0 Å². The summed E-state index contributed by atoms with van der Waals surface area (Å²) >= 11 is 3.37. The molecule has 0 saturated carbocycles. The maximum Gasteiger partial charge on any atom is 0.308 e. The number of halogens is 1. The molecule has 5 nitrogen and oxygen atoms in total. The van der Waals surface area contributed by atoms with Gasteiger partial charge in [-0.1, -0.05) is 22.0 Å². The molecule has 1 atom stereocenters. The fourth-order valence-corrected chi connectivity index (χ4v) is 2.69. The summed E-state index contributed by atoms with van der Waals surface area (Å²) in [5.41, 5.74) is 0. The van der Waals surface area contributed by atoms with E-state index in [4.69, 9.17) is 9.84 Å². The Morgan fingerprint density at radius 3 is 2.90 bits per heavy atom. The van der Waals surface area contributed by atoms with Crippen molar-refractivity contribution in [2.24, 2.45) is 5.92 Å². The van der Waals surface area contributed by atoms with Gasteiger partial charge in [-0.05, 0) is 31.0 Å². The Labute approximate surface area is 132 Å². The molecule has 1 fully saturated rings. The molecule has 1 amide bonds. The average Bonchev–Trinajstić information content (AvgIpc) is 2.93. The number of benzene rings is 1. The molecular weight excluding hydrogens is 338 g/mol. The van der Waals surface area contributed by atoms with Gasteiger partial charge in [-0.2, -0.15) is 0 Å². The van der Waals surface area contributed by atoms with Crippen LogP contribution in [0.1, 0.15) is 19.3 Å². The van der Waals surface area contributed by atoms with Crippen LogP contribution in [-0.4, -0.2) is 41.6 Å². The summed E-state index contributed by atoms with van der Waals surface area (Å²) in [4.78, 5) is 24.4. The molecule has 1 aromatic rings. The number of carboxylic acids is 1. The van der Waals surface area contributed by atoms with Crippen molar-refractivity contribution < 1.29 is 19.4 Å². The number of nitrogens with zero attached hydrogens (tertiary/aromatic N) is 1. The Balaban J connectivity index is 1.67. The van der Waals surface area contributed by atoms with Crippen molar-refractivity contribution in [3.8, 4) is 5.75 Å². The number of amides is 1. The first-order valence-corrected chi connectivity index (χ1v) is 7.74. The molecule has 0 aliphatic carbocycles. The van der Waals surface area contributed by atoms with Crippen LogP contribution >= 0.6 is 15.9 Å². The molecule has 0 spiro atoms. The molecule has 1 N–H and O–H groups in total. The lowest BCUT2D eigenvalue weighted by Gasteiger charge is -2.15. The van der Waals surface area contributed by atoms with Crippen molar-refractivity contribution in [3.63, 3.8) is 0 Å². The zero-order valence-electron chi connectivity index (χ0n) is 11.6. The minimum Gasteiger partial charge on any atom is -0.494 e. The summed E-state index contributed by atoms with van der Waals surface area (Å²) in [5.74, 6) is -0.448. The fraction of sp³-hybridized carbons (Fsp3) is 0.467. The highest BCUT2D eigenvalue weighted by atomic mass is 79.9. The maximum absolute atomic E-state index is 11.9. The number of rotatable bonds is 6. The lowest BCUT2D eigenvalue weighted by molar-refractivity contribution is -0.141. The van der Waals surface area contributed by atoms with Crippen LogP contribution in [0.5, 0.6) is 5.75 Å². The molecule has 6 heteroatoms. The number of ether oxygens (including phenoxy) is 1. The van der Waals surface area contributed by atoms with E-state index in [0.717, 1.165) is 10.2 Å². The molecule has 114 valence electrons. The van der Waals surface area contributed by atoms with Crippen LogP contribution in [0.4, 0.5) is 0 Å². The first-order chi connectivity index (χ1) is 10.1. The fourth-order valence-electron chi connectivity index (χ4n) is 2.32. The lowest BCUT2D eigenvalue weighted by atomic mass is 10.1. The van der Waals surface area contributed by atoms with Gasteiger partial charge < -0.3 is 14.7 Å². The minimum absolute atomic E-state index is 0.0107. The quantitative estimate of drug-likeness (QED) is 0.796. The molecular formula is C15H18BrNO4. The van der Waals surface area contributed by atoms with E-state index in [9.17, 15) is 9.59 Å². The van der Waals surface area contributed by atoms with Crippen LogP contribution in [-0.2, 0) is 9.59 Å². The highest BCUT2D eigenvalue weighted by Gasteiger charge is 2.30. The zero-order chi connectivity index (χ0) is 15.2. The van der Waals surface area contributed by atoms with Crippen LogP contribution in [0.2, 0.25) is 0 Å². The number of aliphatic carboxylic acids is 1. The Morgan fingerprint density at radius 2 is 2.24 bits per heavy atom. The van der Waals surface area contributed by atoms with Gasteiger partial charge in [0, 0.05) is 24.0 Å². The monoisotopic (exact) mass is 355 g/mol. The van der Waals surface area contributed by atoms with E-state index in [2.05, 4.69) is 15.9 Å². The Hall–Kier alpha value is -1.56. The van der Waals surface area contributed by atoms with Crippen LogP contribution in [0.25, 0.3) is 0 Å². The van der Waals surface area contributed by atoms with Crippen molar-refractivity contribution in [2.75, 3.05) is 19.7 Å². The van der Waals surface area contributed by atoms with E-state index >= 15 is 0 Å². The topological polar surface area (TPSA) is 66.8 Å². The Morgan fingerprint density at radius 1 is 1.43 bits per heavy atom. The molecule has 1 saturated heterocycles. The van der Waals surface area contributed by atoms with Gasteiger partial charge in [0.15, 0.2) is 0 Å². The largest absolute Gasteiger partial charge is 0.494 e. The third-order valence-corrected chi connectivity index (χ3v) is 3.98. The van der Waals surface area contributed by atoms with E-state index in [-0.39, 0.29) is 5.91 Å². The molecule has 1 aromatic carbocycles. The second-order valence-corrected chi connectivity index (χ2v) is 5.99. The molecule has 1 unspecified atom stereocenters. The Bertz CT molecular complexity index is 520. The molecule has 1 heterocycles. The summed E-state index contributed by atoms with van der Waals surface area (Å²) in [5, 5.41) is 8.91. The summed E-state index contributed by atoms with van der Waals surface area (Å²) < 4.78 is 6.52. The standard InChI is InChI=1S/C15H18BrNO4/c16-12-3-1-4-13(9-12)21-8-2-5-14(18)17-7-6-11(10-17)15(19)20/h1,3-4,9,11H,2,5-8,10H2,(H,19,20). The van der Waals surface area contributed by atoms with Crippen molar-refractivity contribution in [2.45, 2.75) is 19.3 Å². The maximum atomic E-state index is 11.9. The molecule has 21 heavy (non-hydrogen) atoms. The normalized spacial score (nSPS) is 17.8. The van der Waals surface area contributed by atoms with Gasteiger partial charge >= 0.3 is 5.97 Å². The molecule has 0 aromatic heterocycles. The summed E-state index contributed by atoms with van der Waals surface area (Å²) in [6, 6.07) is 7.55. The van der Waals surface area contributed by atoms with Gasteiger partial charge in [0.25, 0.3) is 0 Å². The van der Waals surface area contributed by atoms with E-state index in [1.165, 1.54) is 0 Å². The molecule has 0 radical (unpaired) electrons. The van der Waals surface area contributed by atoms with Gasteiger partial charge in [0.05, 0.1) is 12.5 Å². The predicted octanol–water partition coefficient (Wildman–Crippen LogP) is 2.54. The SMILES string of the molecule is O=C(O)C1CCN(C(=O)CCCOc2cccc(Br)c2)C1. The van der Waals surface area contributed by atoms with Gasteiger partial charge in [-0.25, -0.2) is 0 Å². The van der Waals surface area contributed by atoms with Crippen molar-refractivity contribution in [3.05, 3.63) is 28.7 Å². The van der Waals surface area contributed by atoms with Crippen LogP contribution < -0.4 is 4.74 Å². The van der Waals surface area contributed by atoms with Crippen LogP contribution in [0.15, 0.2) is 28.7 Å². The van der Waals surface area contributed by atoms with Gasteiger partial charge in [-0.3, -0.25) is 9.59 Å². The second-order valence-electron chi connectivity index (χ2n) is 5.07. The summed E-state index contributed by atoms with van der Waals surface area (Å²) in [7, 11) is 0. The number of carbonyl (C=O) groups is 2. The number of carbonyl (C=O) groups excluding carboxylic acids is 1. The van der Waals surface area contributed by atoms with E-state index in [1.54, 1.807) is 4.90 Å². The van der Waals surface area contributed by atoms with Crippen molar-refractivity contribution >= 4 is 27.8 Å². The van der Waals surface area contributed by atoms with Gasteiger partial charge in [-0.15, -0.1) is 0 Å². The van der Waals surface area contributed by atoms with Crippen molar-refractivity contribution in [1.29, 1.82) is 0 Å². The smallest absolute Gasteiger partial charge is 0.308 e. The number of hydrogen-bond donors (Lipinski definition) is 1. The highest BCUT2D eigenvalue weighted by molar-refractivity contribution is 9.10. The first-order valence-electron chi connectivity index (χ1n) is 6.95. The highest BCUT2D eigenvalue weighted by Crippen LogP contribution is 2.19. The molecule has 2 rings (SSSR count). The molecule has 0 bridgehead atoms.